The number of rotatable bonds is 3. The van der Waals surface area contributed by atoms with Crippen molar-refractivity contribution in [2.45, 2.75) is 38.5 Å². The van der Waals surface area contributed by atoms with Crippen molar-refractivity contribution in [3.8, 4) is 0 Å². The molecule has 1 aliphatic heterocycles. The number of nitrogens with one attached hydrogen (secondary N) is 1. The van der Waals surface area contributed by atoms with E-state index in [4.69, 9.17) is 4.74 Å². The standard InChI is InChI=1S/C13H17F2NO/c1-8(16-13-5-6-17-9(13)2)11-7-10(14)3-4-12(11)15/h3-4,7-9,13,16H,5-6H2,1-2H3. The molecule has 1 fully saturated rings. The molecular weight excluding hydrogens is 224 g/mol. The summed E-state index contributed by atoms with van der Waals surface area (Å²) in [5.74, 6) is -0.788. The Morgan fingerprint density at radius 1 is 1.41 bits per heavy atom. The molecule has 0 aliphatic carbocycles. The summed E-state index contributed by atoms with van der Waals surface area (Å²) in [5, 5.41) is 3.28. The van der Waals surface area contributed by atoms with Gasteiger partial charge in [-0.2, -0.15) is 0 Å². The molecule has 4 heteroatoms. The van der Waals surface area contributed by atoms with Gasteiger partial charge in [0.2, 0.25) is 0 Å². The number of hydrogen-bond acceptors (Lipinski definition) is 2. The molecule has 0 aromatic heterocycles. The summed E-state index contributed by atoms with van der Waals surface area (Å²) < 4.78 is 32.1. The zero-order valence-electron chi connectivity index (χ0n) is 10.0. The van der Waals surface area contributed by atoms with E-state index in [2.05, 4.69) is 5.32 Å². The van der Waals surface area contributed by atoms with Gasteiger partial charge in [-0.3, -0.25) is 0 Å². The van der Waals surface area contributed by atoms with Crippen LogP contribution < -0.4 is 5.32 Å². The number of ether oxygens (including phenoxy) is 1. The lowest BCUT2D eigenvalue weighted by Crippen LogP contribution is -2.36. The van der Waals surface area contributed by atoms with Crippen molar-refractivity contribution in [3.05, 3.63) is 35.4 Å². The van der Waals surface area contributed by atoms with E-state index < -0.39 is 5.82 Å². The van der Waals surface area contributed by atoms with E-state index in [9.17, 15) is 8.78 Å². The summed E-state index contributed by atoms with van der Waals surface area (Å²) in [6.07, 6.45) is 1.02. The molecule has 0 saturated carbocycles. The number of hydrogen-bond donors (Lipinski definition) is 1. The highest BCUT2D eigenvalue weighted by Gasteiger charge is 2.26. The molecule has 1 N–H and O–H groups in total. The van der Waals surface area contributed by atoms with Crippen molar-refractivity contribution in [3.63, 3.8) is 0 Å². The Kier molecular flexibility index (Phi) is 3.74. The second-order valence-electron chi connectivity index (χ2n) is 4.53. The number of halogens is 2. The summed E-state index contributed by atoms with van der Waals surface area (Å²) >= 11 is 0. The largest absolute Gasteiger partial charge is 0.377 e. The van der Waals surface area contributed by atoms with Crippen LogP contribution in [0.3, 0.4) is 0 Å². The SMILES string of the molecule is CC(NC1CCOC1C)c1cc(F)ccc1F. The van der Waals surface area contributed by atoms with Crippen LogP contribution in [0, 0.1) is 11.6 Å². The lowest BCUT2D eigenvalue weighted by atomic mass is 10.0. The highest BCUT2D eigenvalue weighted by Crippen LogP contribution is 2.21. The van der Waals surface area contributed by atoms with E-state index in [0.29, 0.717) is 5.56 Å². The fraction of sp³-hybridized carbons (Fsp3) is 0.538. The van der Waals surface area contributed by atoms with Crippen LogP contribution in [0.4, 0.5) is 8.78 Å². The Labute approximate surface area is 100.0 Å². The molecule has 2 nitrogen and oxygen atoms in total. The summed E-state index contributed by atoms with van der Waals surface area (Å²) in [6.45, 7) is 4.54. The number of benzene rings is 1. The van der Waals surface area contributed by atoms with E-state index in [1.54, 1.807) is 0 Å². The summed E-state index contributed by atoms with van der Waals surface area (Å²) in [6, 6.07) is 3.52. The van der Waals surface area contributed by atoms with Gasteiger partial charge in [0.15, 0.2) is 0 Å². The Morgan fingerprint density at radius 2 is 2.18 bits per heavy atom. The molecule has 0 spiro atoms. The summed E-state index contributed by atoms with van der Waals surface area (Å²) in [7, 11) is 0. The van der Waals surface area contributed by atoms with Gasteiger partial charge in [0.1, 0.15) is 11.6 Å². The average Bonchev–Trinajstić information content (AvgIpc) is 2.68. The van der Waals surface area contributed by atoms with Gasteiger partial charge < -0.3 is 10.1 Å². The van der Waals surface area contributed by atoms with Gasteiger partial charge in [-0.1, -0.05) is 0 Å². The first kappa shape index (κ1) is 12.5. The van der Waals surface area contributed by atoms with Crippen LogP contribution in [0.1, 0.15) is 31.9 Å². The van der Waals surface area contributed by atoms with Crippen LogP contribution >= 0.6 is 0 Å². The first-order valence-electron chi connectivity index (χ1n) is 5.90. The van der Waals surface area contributed by atoms with E-state index in [0.717, 1.165) is 25.2 Å². The Morgan fingerprint density at radius 3 is 2.82 bits per heavy atom. The zero-order chi connectivity index (χ0) is 12.4. The van der Waals surface area contributed by atoms with Gasteiger partial charge in [0.25, 0.3) is 0 Å². The minimum absolute atomic E-state index is 0.120. The minimum Gasteiger partial charge on any atom is -0.377 e. The van der Waals surface area contributed by atoms with Gasteiger partial charge in [0.05, 0.1) is 6.10 Å². The Bertz CT molecular complexity index is 397. The van der Waals surface area contributed by atoms with Gasteiger partial charge >= 0.3 is 0 Å². The van der Waals surface area contributed by atoms with Crippen LogP contribution in [0.2, 0.25) is 0 Å². The third-order valence-corrected chi connectivity index (χ3v) is 3.26. The van der Waals surface area contributed by atoms with Crippen molar-refractivity contribution in [2.75, 3.05) is 6.61 Å². The van der Waals surface area contributed by atoms with Crippen molar-refractivity contribution < 1.29 is 13.5 Å². The van der Waals surface area contributed by atoms with Crippen LogP contribution in [0.5, 0.6) is 0 Å². The predicted octanol–water partition coefficient (Wildman–Crippen LogP) is 2.79. The van der Waals surface area contributed by atoms with Crippen LogP contribution in [0.15, 0.2) is 18.2 Å². The first-order chi connectivity index (χ1) is 8.08. The van der Waals surface area contributed by atoms with Crippen LogP contribution in [0.25, 0.3) is 0 Å². The monoisotopic (exact) mass is 241 g/mol. The minimum atomic E-state index is -0.411. The third-order valence-electron chi connectivity index (χ3n) is 3.26. The molecule has 1 aliphatic rings. The zero-order valence-corrected chi connectivity index (χ0v) is 10.0. The third kappa shape index (κ3) is 2.82. The van der Waals surface area contributed by atoms with Gasteiger partial charge in [-0.05, 0) is 38.5 Å². The molecule has 1 aromatic rings. The fourth-order valence-corrected chi connectivity index (χ4v) is 2.21. The molecule has 0 radical (unpaired) electrons. The van der Waals surface area contributed by atoms with E-state index in [-0.39, 0.29) is 24.0 Å². The quantitative estimate of drug-likeness (QED) is 0.878. The molecule has 94 valence electrons. The molecule has 1 aromatic carbocycles. The van der Waals surface area contributed by atoms with Crippen LogP contribution in [-0.2, 0) is 4.74 Å². The molecule has 17 heavy (non-hydrogen) atoms. The molecule has 3 atom stereocenters. The molecule has 3 unspecified atom stereocenters. The normalized spacial score (nSPS) is 26.1. The molecule has 0 amide bonds. The van der Waals surface area contributed by atoms with Crippen molar-refractivity contribution in [2.24, 2.45) is 0 Å². The van der Waals surface area contributed by atoms with E-state index in [1.165, 1.54) is 6.07 Å². The van der Waals surface area contributed by atoms with Gasteiger partial charge in [0, 0.05) is 24.3 Å². The summed E-state index contributed by atoms with van der Waals surface area (Å²) in [4.78, 5) is 0. The maximum atomic E-state index is 13.6. The maximum Gasteiger partial charge on any atom is 0.128 e. The van der Waals surface area contributed by atoms with Crippen molar-refractivity contribution in [1.82, 2.24) is 5.32 Å². The fourth-order valence-electron chi connectivity index (χ4n) is 2.21. The maximum absolute atomic E-state index is 13.6. The van der Waals surface area contributed by atoms with Gasteiger partial charge in [-0.25, -0.2) is 8.78 Å². The Balaban J connectivity index is 2.08. The average molecular weight is 241 g/mol. The van der Waals surface area contributed by atoms with Gasteiger partial charge in [-0.15, -0.1) is 0 Å². The molecule has 2 rings (SSSR count). The molecule has 1 heterocycles. The topological polar surface area (TPSA) is 21.3 Å². The van der Waals surface area contributed by atoms with E-state index >= 15 is 0 Å². The molecule has 1 saturated heterocycles. The van der Waals surface area contributed by atoms with Crippen LogP contribution in [-0.4, -0.2) is 18.8 Å². The highest BCUT2D eigenvalue weighted by molar-refractivity contribution is 5.22. The lowest BCUT2D eigenvalue weighted by molar-refractivity contribution is 0.111. The molecule has 0 bridgehead atoms. The second kappa shape index (κ2) is 5.10. The van der Waals surface area contributed by atoms with Crippen molar-refractivity contribution >= 4 is 0 Å². The predicted molar refractivity (Wildman–Crippen MR) is 61.7 cm³/mol. The highest BCUT2D eigenvalue weighted by atomic mass is 19.1. The lowest BCUT2D eigenvalue weighted by Gasteiger charge is -2.22. The second-order valence-corrected chi connectivity index (χ2v) is 4.53. The summed E-state index contributed by atoms with van der Waals surface area (Å²) in [5.41, 5.74) is 0.365. The van der Waals surface area contributed by atoms with Crippen molar-refractivity contribution in [1.29, 1.82) is 0 Å². The Hall–Kier alpha value is -1.00. The smallest absolute Gasteiger partial charge is 0.128 e. The molecular formula is C13H17F2NO. The van der Waals surface area contributed by atoms with E-state index in [1.807, 2.05) is 13.8 Å². The first-order valence-corrected chi connectivity index (χ1v) is 5.90.